The predicted molar refractivity (Wildman–Crippen MR) is 72.4 cm³/mol. The van der Waals surface area contributed by atoms with E-state index in [2.05, 4.69) is 5.32 Å². The topological polar surface area (TPSA) is 111 Å². The number of hydrogen-bond acceptors (Lipinski definition) is 6. The Labute approximate surface area is 111 Å². The van der Waals surface area contributed by atoms with Gasteiger partial charge in [-0.1, -0.05) is 0 Å². The summed E-state index contributed by atoms with van der Waals surface area (Å²) in [5.74, 6) is 0.421. The number of nitrogens with two attached hydrogens (primary N) is 1. The van der Waals surface area contributed by atoms with Crippen molar-refractivity contribution in [2.75, 3.05) is 18.5 Å². The number of ether oxygens (including phenoxy) is 1. The largest absolute Gasteiger partial charge is 0.494 e. The highest BCUT2D eigenvalue weighted by molar-refractivity contribution is 5.56. The molecule has 0 heterocycles. The van der Waals surface area contributed by atoms with E-state index in [1.165, 1.54) is 12.1 Å². The number of anilines is 1. The van der Waals surface area contributed by atoms with Gasteiger partial charge in [-0.2, -0.15) is 0 Å². The summed E-state index contributed by atoms with van der Waals surface area (Å²) in [7, 11) is 0. The average molecular weight is 269 g/mol. The van der Waals surface area contributed by atoms with Crippen LogP contribution in [0.15, 0.2) is 18.2 Å². The standard InChI is InChI=1S/C12H19N3O4/c1-3-19-11-5-9(4-10(6-11)15(17)18)14-7-12(13)8(2)16/h4-6,8,12,14,16H,3,7,13H2,1-2H3. The smallest absolute Gasteiger partial charge is 0.275 e. The molecule has 2 unspecified atom stereocenters. The van der Waals surface area contributed by atoms with Gasteiger partial charge in [-0.05, 0) is 13.8 Å². The highest BCUT2D eigenvalue weighted by Crippen LogP contribution is 2.26. The summed E-state index contributed by atoms with van der Waals surface area (Å²) in [6.45, 7) is 4.12. The lowest BCUT2D eigenvalue weighted by Crippen LogP contribution is -2.38. The number of rotatable bonds is 7. The monoisotopic (exact) mass is 269 g/mol. The van der Waals surface area contributed by atoms with E-state index in [9.17, 15) is 15.2 Å². The van der Waals surface area contributed by atoms with E-state index in [0.29, 0.717) is 24.6 Å². The van der Waals surface area contributed by atoms with Gasteiger partial charge in [-0.3, -0.25) is 10.1 Å². The van der Waals surface area contributed by atoms with Crippen molar-refractivity contribution in [3.05, 3.63) is 28.3 Å². The van der Waals surface area contributed by atoms with E-state index in [0.717, 1.165) is 0 Å². The molecule has 1 rings (SSSR count). The van der Waals surface area contributed by atoms with E-state index in [4.69, 9.17) is 10.5 Å². The van der Waals surface area contributed by atoms with Crippen molar-refractivity contribution in [1.82, 2.24) is 0 Å². The summed E-state index contributed by atoms with van der Waals surface area (Å²) < 4.78 is 5.27. The van der Waals surface area contributed by atoms with Crippen molar-refractivity contribution >= 4 is 11.4 Å². The van der Waals surface area contributed by atoms with Crippen molar-refractivity contribution in [1.29, 1.82) is 0 Å². The van der Waals surface area contributed by atoms with E-state index in [-0.39, 0.29) is 5.69 Å². The maximum absolute atomic E-state index is 10.8. The van der Waals surface area contributed by atoms with Crippen molar-refractivity contribution < 1.29 is 14.8 Å². The summed E-state index contributed by atoms with van der Waals surface area (Å²) in [6, 6.07) is 3.97. The molecule has 106 valence electrons. The number of hydrogen-bond donors (Lipinski definition) is 3. The van der Waals surface area contributed by atoms with Gasteiger partial charge in [0.1, 0.15) is 5.75 Å². The van der Waals surface area contributed by atoms with Crippen LogP contribution in [0.4, 0.5) is 11.4 Å². The zero-order valence-electron chi connectivity index (χ0n) is 11.0. The predicted octanol–water partition coefficient (Wildman–Crippen LogP) is 1.11. The van der Waals surface area contributed by atoms with Crippen LogP contribution in [-0.4, -0.2) is 35.3 Å². The Morgan fingerprint density at radius 1 is 1.53 bits per heavy atom. The van der Waals surface area contributed by atoms with Crippen LogP contribution in [0, 0.1) is 10.1 Å². The fourth-order valence-electron chi connectivity index (χ4n) is 1.45. The molecular formula is C12H19N3O4. The lowest BCUT2D eigenvalue weighted by molar-refractivity contribution is -0.384. The van der Waals surface area contributed by atoms with E-state index in [1.807, 2.05) is 0 Å². The van der Waals surface area contributed by atoms with Crippen LogP contribution in [0.2, 0.25) is 0 Å². The Morgan fingerprint density at radius 2 is 2.21 bits per heavy atom. The molecule has 0 saturated carbocycles. The first kappa shape index (κ1) is 15.2. The molecule has 0 aromatic heterocycles. The molecule has 0 aliphatic heterocycles. The molecule has 7 heteroatoms. The maximum Gasteiger partial charge on any atom is 0.275 e. The Morgan fingerprint density at radius 3 is 2.74 bits per heavy atom. The Hall–Kier alpha value is -1.86. The fraction of sp³-hybridized carbons (Fsp3) is 0.500. The summed E-state index contributed by atoms with van der Waals surface area (Å²) in [4.78, 5) is 10.3. The number of benzene rings is 1. The number of aliphatic hydroxyl groups excluding tert-OH is 1. The third-order valence-corrected chi connectivity index (χ3v) is 2.57. The molecule has 0 radical (unpaired) electrons. The second-order valence-corrected chi connectivity index (χ2v) is 4.19. The molecule has 0 aliphatic rings. The van der Waals surface area contributed by atoms with Gasteiger partial charge in [0.15, 0.2) is 0 Å². The Kier molecular flexibility index (Phi) is 5.53. The minimum absolute atomic E-state index is 0.0564. The minimum Gasteiger partial charge on any atom is -0.494 e. The number of nitrogens with zero attached hydrogens (tertiary/aromatic N) is 1. The van der Waals surface area contributed by atoms with Crippen LogP contribution in [0.3, 0.4) is 0 Å². The third-order valence-electron chi connectivity index (χ3n) is 2.57. The maximum atomic E-state index is 10.8. The normalized spacial score (nSPS) is 13.7. The lowest BCUT2D eigenvalue weighted by Gasteiger charge is -2.16. The van der Waals surface area contributed by atoms with Gasteiger partial charge in [-0.15, -0.1) is 0 Å². The molecule has 7 nitrogen and oxygen atoms in total. The number of aliphatic hydroxyl groups is 1. The summed E-state index contributed by atoms with van der Waals surface area (Å²) >= 11 is 0. The highest BCUT2D eigenvalue weighted by atomic mass is 16.6. The molecule has 0 fully saturated rings. The van der Waals surface area contributed by atoms with Gasteiger partial charge in [-0.25, -0.2) is 0 Å². The van der Waals surface area contributed by atoms with Crippen LogP contribution >= 0.6 is 0 Å². The molecule has 1 aromatic carbocycles. The molecule has 4 N–H and O–H groups in total. The minimum atomic E-state index is -0.655. The van der Waals surface area contributed by atoms with Crippen molar-refractivity contribution in [3.63, 3.8) is 0 Å². The van der Waals surface area contributed by atoms with Gasteiger partial charge in [0.25, 0.3) is 5.69 Å². The SMILES string of the molecule is CCOc1cc(NCC(N)C(C)O)cc([N+](=O)[O-])c1. The van der Waals surface area contributed by atoms with Gasteiger partial charge in [0.05, 0.1) is 23.7 Å². The van der Waals surface area contributed by atoms with Crippen LogP contribution in [0.25, 0.3) is 0 Å². The molecule has 2 atom stereocenters. The number of nitro benzene ring substituents is 1. The van der Waals surface area contributed by atoms with Gasteiger partial charge < -0.3 is 20.9 Å². The molecule has 0 spiro atoms. The first-order chi connectivity index (χ1) is 8.93. The van der Waals surface area contributed by atoms with Crippen LogP contribution in [0.1, 0.15) is 13.8 Å². The van der Waals surface area contributed by atoms with Gasteiger partial charge in [0, 0.05) is 30.4 Å². The zero-order valence-corrected chi connectivity index (χ0v) is 11.0. The Balaban J connectivity index is 2.84. The summed E-state index contributed by atoms with van der Waals surface area (Å²) in [5, 5.41) is 23.0. The van der Waals surface area contributed by atoms with Crippen molar-refractivity contribution in [2.24, 2.45) is 5.73 Å². The fourth-order valence-corrected chi connectivity index (χ4v) is 1.45. The lowest BCUT2D eigenvalue weighted by atomic mass is 10.2. The van der Waals surface area contributed by atoms with Gasteiger partial charge in [0.2, 0.25) is 0 Å². The van der Waals surface area contributed by atoms with Crippen molar-refractivity contribution in [2.45, 2.75) is 26.0 Å². The second-order valence-electron chi connectivity index (χ2n) is 4.19. The molecule has 0 amide bonds. The number of nitro groups is 1. The molecule has 1 aromatic rings. The molecule has 0 saturated heterocycles. The van der Waals surface area contributed by atoms with Crippen LogP contribution < -0.4 is 15.8 Å². The third kappa shape index (κ3) is 4.72. The molecule has 0 aliphatic carbocycles. The number of non-ortho nitro benzene ring substituents is 1. The first-order valence-electron chi connectivity index (χ1n) is 6.03. The van der Waals surface area contributed by atoms with E-state index < -0.39 is 17.1 Å². The first-order valence-corrected chi connectivity index (χ1v) is 6.03. The number of nitrogens with one attached hydrogen (secondary N) is 1. The van der Waals surface area contributed by atoms with E-state index in [1.54, 1.807) is 19.9 Å². The summed E-state index contributed by atoms with van der Waals surface area (Å²) in [5.41, 5.74) is 6.16. The quantitative estimate of drug-likeness (QED) is 0.505. The van der Waals surface area contributed by atoms with Crippen LogP contribution in [-0.2, 0) is 0 Å². The Bertz CT molecular complexity index is 437. The highest BCUT2D eigenvalue weighted by Gasteiger charge is 2.13. The van der Waals surface area contributed by atoms with Crippen molar-refractivity contribution in [3.8, 4) is 5.75 Å². The zero-order chi connectivity index (χ0) is 14.4. The molecule has 19 heavy (non-hydrogen) atoms. The van der Waals surface area contributed by atoms with Gasteiger partial charge >= 0.3 is 0 Å². The average Bonchev–Trinajstić information content (AvgIpc) is 2.35. The van der Waals surface area contributed by atoms with E-state index >= 15 is 0 Å². The second kappa shape index (κ2) is 6.91. The summed E-state index contributed by atoms with van der Waals surface area (Å²) in [6.07, 6.45) is -0.655. The molecular weight excluding hydrogens is 250 g/mol. The van der Waals surface area contributed by atoms with Crippen LogP contribution in [0.5, 0.6) is 5.75 Å². The molecule has 0 bridgehead atoms.